The van der Waals surface area contributed by atoms with Gasteiger partial charge in [0.1, 0.15) is 0 Å². The Bertz CT molecular complexity index is 299. The summed E-state index contributed by atoms with van der Waals surface area (Å²) in [5.74, 6) is 3.09. The number of rotatable bonds is 4. The van der Waals surface area contributed by atoms with E-state index in [4.69, 9.17) is 4.74 Å². The first-order valence-electron chi connectivity index (χ1n) is 7.34. The van der Waals surface area contributed by atoms with Gasteiger partial charge in [0.05, 0.1) is 12.9 Å². The highest BCUT2D eigenvalue weighted by atomic mass is 16.5. The minimum atomic E-state index is 0.569. The molecule has 1 heterocycles. The van der Waals surface area contributed by atoms with Crippen molar-refractivity contribution >= 4 is 0 Å². The van der Waals surface area contributed by atoms with Crippen molar-refractivity contribution in [2.45, 2.75) is 51.0 Å². The summed E-state index contributed by atoms with van der Waals surface area (Å²) in [6.07, 6.45) is 11.8. The van der Waals surface area contributed by atoms with Crippen LogP contribution in [0.15, 0.2) is 11.8 Å². The number of likely N-dealkylation sites (N-methyl/N-ethyl adjacent to an activating group) is 1. The van der Waals surface area contributed by atoms with Gasteiger partial charge < -0.3 is 10.1 Å². The zero-order valence-corrected chi connectivity index (χ0v) is 11.0. The standard InChI is InChI=1S/C15H25NO/c1-16-15(13-3-2-6-17-10-13)9-14-8-11-4-5-12(14)7-11/h10-12,14-16H,2-9H2,1H3. The van der Waals surface area contributed by atoms with Crippen LogP contribution in [-0.4, -0.2) is 19.7 Å². The van der Waals surface area contributed by atoms with Gasteiger partial charge in [0, 0.05) is 6.04 Å². The van der Waals surface area contributed by atoms with Crippen molar-refractivity contribution in [1.29, 1.82) is 0 Å². The van der Waals surface area contributed by atoms with Gasteiger partial charge in [-0.2, -0.15) is 0 Å². The van der Waals surface area contributed by atoms with Crippen LogP contribution in [0.1, 0.15) is 44.9 Å². The lowest BCUT2D eigenvalue weighted by molar-refractivity contribution is 0.214. The van der Waals surface area contributed by atoms with Crippen LogP contribution in [0.2, 0.25) is 0 Å². The first-order chi connectivity index (χ1) is 8.36. The van der Waals surface area contributed by atoms with Crippen LogP contribution in [0.4, 0.5) is 0 Å². The van der Waals surface area contributed by atoms with Gasteiger partial charge >= 0.3 is 0 Å². The van der Waals surface area contributed by atoms with Gasteiger partial charge in [0.2, 0.25) is 0 Å². The fourth-order valence-corrected chi connectivity index (χ4v) is 4.26. The molecule has 4 unspecified atom stereocenters. The van der Waals surface area contributed by atoms with E-state index >= 15 is 0 Å². The Morgan fingerprint density at radius 3 is 2.94 bits per heavy atom. The third-order valence-corrected chi connectivity index (χ3v) is 5.18. The van der Waals surface area contributed by atoms with E-state index in [1.54, 1.807) is 0 Å². The minimum absolute atomic E-state index is 0.569. The SMILES string of the molecule is CNC(CC1CC2CCC1C2)C1=COCCC1. The molecule has 0 amide bonds. The van der Waals surface area contributed by atoms with Gasteiger partial charge in [-0.15, -0.1) is 0 Å². The Morgan fingerprint density at radius 2 is 2.35 bits per heavy atom. The van der Waals surface area contributed by atoms with Crippen LogP contribution in [-0.2, 0) is 4.74 Å². The molecule has 0 aromatic rings. The maximum Gasteiger partial charge on any atom is 0.0876 e. The van der Waals surface area contributed by atoms with Gasteiger partial charge in [-0.25, -0.2) is 0 Å². The summed E-state index contributed by atoms with van der Waals surface area (Å²) in [7, 11) is 2.10. The van der Waals surface area contributed by atoms with Gasteiger partial charge in [-0.3, -0.25) is 0 Å². The van der Waals surface area contributed by atoms with E-state index < -0.39 is 0 Å². The summed E-state index contributed by atoms with van der Waals surface area (Å²) in [5, 5.41) is 3.51. The summed E-state index contributed by atoms with van der Waals surface area (Å²) in [6.45, 7) is 0.911. The van der Waals surface area contributed by atoms with E-state index in [1.807, 2.05) is 6.26 Å². The summed E-state index contributed by atoms with van der Waals surface area (Å²) in [5.41, 5.74) is 1.50. The van der Waals surface area contributed by atoms with E-state index in [2.05, 4.69) is 12.4 Å². The Labute approximate surface area is 105 Å². The van der Waals surface area contributed by atoms with E-state index in [0.29, 0.717) is 6.04 Å². The Balaban J connectivity index is 1.60. The zero-order chi connectivity index (χ0) is 11.7. The van der Waals surface area contributed by atoms with Gasteiger partial charge in [-0.1, -0.05) is 6.42 Å². The highest BCUT2D eigenvalue weighted by Gasteiger charge is 2.40. The molecule has 1 N–H and O–H groups in total. The largest absolute Gasteiger partial charge is 0.501 e. The second-order valence-corrected chi connectivity index (χ2v) is 6.18. The van der Waals surface area contributed by atoms with Crippen molar-refractivity contribution in [2.24, 2.45) is 17.8 Å². The van der Waals surface area contributed by atoms with Crippen LogP contribution >= 0.6 is 0 Å². The van der Waals surface area contributed by atoms with Crippen LogP contribution in [0.25, 0.3) is 0 Å². The lowest BCUT2D eigenvalue weighted by Gasteiger charge is -2.29. The third kappa shape index (κ3) is 2.37. The van der Waals surface area contributed by atoms with Gasteiger partial charge in [0.15, 0.2) is 0 Å². The molecule has 2 aliphatic carbocycles. The molecule has 2 nitrogen and oxygen atoms in total. The molecule has 1 aliphatic heterocycles. The Hall–Kier alpha value is -0.500. The molecule has 0 aromatic carbocycles. The number of hydrogen-bond donors (Lipinski definition) is 1. The molecule has 0 aromatic heterocycles. The van der Waals surface area contributed by atoms with E-state index in [1.165, 1.54) is 50.5 Å². The molecule has 2 fully saturated rings. The average Bonchev–Trinajstić information content (AvgIpc) is 2.99. The predicted octanol–water partition coefficient (Wildman–Crippen LogP) is 3.10. The van der Waals surface area contributed by atoms with E-state index in [9.17, 15) is 0 Å². The van der Waals surface area contributed by atoms with Crippen molar-refractivity contribution in [3.05, 3.63) is 11.8 Å². The molecule has 0 spiro atoms. The lowest BCUT2D eigenvalue weighted by Crippen LogP contribution is -2.32. The molecule has 4 atom stereocenters. The second kappa shape index (κ2) is 5.01. The summed E-state index contributed by atoms with van der Waals surface area (Å²) in [4.78, 5) is 0. The van der Waals surface area contributed by atoms with Crippen molar-refractivity contribution in [1.82, 2.24) is 5.32 Å². The quantitative estimate of drug-likeness (QED) is 0.808. The van der Waals surface area contributed by atoms with Crippen LogP contribution in [0.5, 0.6) is 0 Å². The smallest absolute Gasteiger partial charge is 0.0876 e. The highest BCUT2D eigenvalue weighted by molar-refractivity contribution is 5.11. The topological polar surface area (TPSA) is 21.3 Å². The number of ether oxygens (including phenoxy) is 1. The van der Waals surface area contributed by atoms with E-state index in [-0.39, 0.29) is 0 Å². The first kappa shape index (κ1) is 11.6. The van der Waals surface area contributed by atoms with Crippen LogP contribution in [0, 0.1) is 17.8 Å². The monoisotopic (exact) mass is 235 g/mol. The molecule has 3 rings (SSSR count). The summed E-state index contributed by atoms with van der Waals surface area (Å²) in [6, 6.07) is 0.569. The first-order valence-corrected chi connectivity index (χ1v) is 7.34. The van der Waals surface area contributed by atoms with Crippen molar-refractivity contribution in [3.8, 4) is 0 Å². The number of fused-ring (bicyclic) bond motifs is 2. The minimum Gasteiger partial charge on any atom is -0.501 e. The predicted molar refractivity (Wildman–Crippen MR) is 69.7 cm³/mol. The molecule has 2 bridgehead atoms. The summed E-state index contributed by atoms with van der Waals surface area (Å²) < 4.78 is 5.49. The van der Waals surface area contributed by atoms with E-state index in [0.717, 1.165) is 24.4 Å². The second-order valence-electron chi connectivity index (χ2n) is 6.18. The number of hydrogen-bond acceptors (Lipinski definition) is 2. The van der Waals surface area contributed by atoms with Gasteiger partial charge in [-0.05, 0) is 68.9 Å². The maximum absolute atomic E-state index is 5.49. The van der Waals surface area contributed by atoms with Crippen molar-refractivity contribution in [3.63, 3.8) is 0 Å². The van der Waals surface area contributed by atoms with Crippen LogP contribution < -0.4 is 5.32 Å². The Morgan fingerprint density at radius 1 is 1.41 bits per heavy atom. The summed E-state index contributed by atoms with van der Waals surface area (Å²) >= 11 is 0. The molecule has 0 radical (unpaired) electrons. The Kier molecular flexibility index (Phi) is 3.41. The maximum atomic E-state index is 5.49. The number of nitrogens with one attached hydrogen (secondary N) is 1. The molecule has 96 valence electrons. The lowest BCUT2D eigenvalue weighted by atomic mass is 9.82. The highest BCUT2D eigenvalue weighted by Crippen LogP contribution is 2.50. The van der Waals surface area contributed by atoms with Crippen molar-refractivity contribution < 1.29 is 4.74 Å². The third-order valence-electron chi connectivity index (χ3n) is 5.18. The van der Waals surface area contributed by atoms with Crippen LogP contribution in [0.3, 0.4) is 0 Å². The molecule has 3 aliphatic rings. The molecular weight excluding hydrogens is 210 g/mol. The average molecular weight is 235 g/mol. The zero-order valence-electron chi connectivity index (χ0n) is 11.0. The van der Waals surface area contributed by atoms with Gasteiger partial charge in [0.25, 0.3) is 0 Å². The fraction of sp³-hybridized carbons (Fsp3) is 0.867. The molecule has 2 saturated carbocycles. The molecule has 0 saturated heterocycles. The molecule has 2 heteroatoms. The fourth-order valence-electron chi connectivity index (χ4n) is 4.26. The molecule has 17 heavy (non-hydrogen) atoms. The normalized spacial score (nSPS) is 37.7. The molecular formula is C15H25NO. The van der Waals surface area contributed by atoms with Crippen molar-refractivity contribution in [2.75, 3.05) is 13.7 Å².